The Labute approximate surface area is 314 Å². The first-order valence-corrected chi connectivity index (χ1v) is 18.5. The largest absolute Gasteiger partial charge is 0.340 e. The molecule has 2 aromatic carbocycles. The van der Waals surface area contributed by atoms with Gasteiger partial charge in [0.25, 0.3) is 0 Å². The third kappa shape index (κ3) is 4.48. The van der Waals surface area contributed by atoms with Gasteiger partial charge in [-0.15, -0.1) is 45.3 Å². The zero-order valence-corrected chi connectivity index (χ0v) is 29.8. The fraction of sp³-hybridized carbons (Fsp3) is 0.0270. The Morgan fingerprint density at radius 1 is 0.556 bits per heavy atom. The van der Waals surface area contributed by atoms with Crippen LogP contribution < -0.4 is 0 Å². The number of carbonyl (C=O) groups excluding carboxylic acids is 2. The minimum absolute atomic E-state index is 0.0870. The molecule has 0 spiro atoms. The van der Waals surface area contributed by atoms with Crippen LogP contribution in [0.5, 0.6) is 0 Å². The Morgan fingerprint density at radius 2 is 0.907 bits per heavy atom. The van der Waals surface area contributed by atoms with Gasteiger partial charge in [-0.25, -0.2) is 27.5 Å². The number of carbonyl (C=O) groups is 2. The second kappa shape index (κ2) is 11.7. The van der Waals surface area contributed by atoms with Crippen molar-refractivity contribution < 1.29 is 27.2 Å². The lowest BCUT2D eigenvalue weighted by molar-refractivity contribution is 0.106. The molecule has 9 rings (SSSR count). The molecule has 0 bridgehead atoms. The summed E-state index contributed by atoms with van der Waals surface area (Å²) in [5, 5.41) is 39.2. The highest BCUT2D eigenvalue weighted by molar-refractivity contribution is 7.39. The van der Waals surface area contributed by atoms with Gasteiger partial charge in [-0.3, -0.25) is 9.59 Å². The molecule has 0 radical (unpaired) electrons. The summed E-state index contributed by atoms with van der Waals surface area (Å²) in [6.07, 6.45) is 0. The van der Waals surface area contributed by atoms with Crippen LogP contribution in [0.1, 0.15) is 31.8 Å². The lowest BCUT2D eigenvalue weighted by Crippen LogP contribution is -2.07. The smallest absolute Gasteiger partial charge is 0.212 e. The fourth-order valence-corrected chi connectivity index (χ4v) is 12.0. The highest BCUT2D eigenvalue weighted by Crippen LogP contribution is 2.52. The Bertz CT molecular complexity index is 3070. The van der Waals surface area contributed by atoms with Crippen molar-refractivity contribution in [2.45, 2.75) is 0 Å². The SMILES string of the molecule is Cn1c2c3sc(N=C4C(=O)c5cc(F)c(F)cc5C4=C(C#N)C#N)cc3sc2c2sc3cc(N=C4C(=O)c5cc(F)c(F)cc5C4=C(C#N)C#N)sc3c21. The highest BCUT2D eigenvalue weighted by atomic mass is 32.1. The third-order valence-corrected chi connectivity index (χ3v) is 13.7. The number of benzene rings is 2. The zero-order valence-electron chi connectivity index (χ0n) is 26.6. The van der Waals surface area contributed by atoms with E-state index in [9.17, 15) is 48.2 Å². The molecule has 17 heteroatoms. The van der Waals surface area contributed by atoms with Gasteiger partial charge in [0.05, 0.1) is 39.2 Å². The molecule has 2 aliphatic rings. The van der Waals surface area contributed by atoms with Crippen LogP contribution >= 0.6 is 45.3 Å². The maximum Gasteiger partial charge on any atom is 0.212 e. The number of aromatic nitrogens is 1. The number of aliphatic imine (C=N–C) groups is 2. The monoisotopic (exact) mass is 787 g/mol. The van der Waals surface area contributed by atoms with Crippen molar-refractivity contribution in [3.05, 3.63) is 93.1 Å². The Balaban J connectivity index is 1.16. The van der Waals surface area contributed by atoms with Crippen LogP contribution in [0.2, 0.25) is 0 Å². The number of nitriles is 4. The van der Waals surface area contributed by atoms with E-state index in [1.807, 2.05) is 11.6 Å². The van der Waals surface area contributed by atoms with Crippen molar-refractivity contribution in [1.82, 2.24) is 4.57 Å². The average Bonchev–Trinajstić information content (AvgIpc) is 3.99. The molecule has 9 nitrogen and oxygen atoms in total. The normalized spacial score (nSPS) is 15.1. The van der Waals surface area contributed by atoms with Crippen LogP contribution in [-0.4, -0.2) is 27.6 Å². The molecule has 0 unspecified atom stereocenters. The first-order chi connectivity index (χ1) is 26.0. The second-order valence-corrected chi connectivity index (χ2v) is 16.0. The van der Waals surface area contributed by atoms with Gasteiger partial charge in [0.1, 0.15) is 56.8 Å². The number of thiophene rings is 4. The van der Waals surface area contributed by atoms with Gasteiger partial charge in [-0.2, -0.15) is 21.0 Å². The quantitative estimate of drug-likeness (QED) is 0.125. The number of halogens is 4. The molecule has 256 valence electrons. The van der Waals surface area contributed by atoms with Crippen molar-refractivity contribution >= 4 is 129 Å². The minimum atomic E-state index is -1.25. The van der Waals surface area contributed by atoms with E-state index < -0.39 is 46.0 Å². The summed E-state index contributed by atoms with van der Waals surface area (Å²) in [6, 6.07) is 13.4. The molecule has 2 aliphatic carbocycles. The number of hydrogen-bond donors (Lipinski definition) is 0. The van der Waals surface area contributed by atoms with Crippen molar-refractivity contribution in [3.63, 3.8) is 0 Å². The molecule has 0 N–H and O–H groups in total. The summed E-state index contributed by atoms with van der Waals surface area (Å²) < 4.78 is 64.0. The number of fused-ring (bicyclic) bond motifs is 9. The number of aryl methyl sites for hydroxylation is 1. The number of allylic oxidation sites excluding steroid dienone is 4. The van der Waals surface area contributed by atoms with Gasteiger partial charge >= 0.3 is 0 Å². The van der Waals surface area contributed by atoms with Gasteiger partial charge in [-0.1, -0.05) is 0 Å². The molecule has 54 heavy (non-hydrogen) atoms. The Kier molecular flexibility index (Phi) is 7.21. The maximum atomic E-state index is 14.2. The summed E-state index contributed by atoms with van der Waals surface area (Å²) in [7, 11) is 1.87. The molecule has 5 aromatic heterocycles. The standard InChI is InChI=1S/C37H9F4N7O2S4/c1-48-30-34-22(6-24(53-34)46-28-26(12(8-42)9-43)14-2-18(38)20(40)4-16(14)32(28)49)51-36(30)37-31(48)35-23(52-37)7-25(54-35)47-29-27(13(10-44)11-45)15-3-19(39)21(41)5-17(15)33(29)50/h2-7H,1H3. The molecular weight excluding hydrogens is 779 g/mol. The van der Waals surface area contributed by atoms with Crippen LogP contribution in [0.25, 0.3) is 50.4 Å². The lowest BCUT2D eigenvalue weighted by atomic mass is 10.0. The van der Waals surface area contributed by atoms with E-state index >= 15 is 0 Å². The highest BCUT2D eigenvalue weighted by Gasteiger charge is 2.37. The average molecular weight is 788 g/mol. The molecule has 0 saturated carbocycles. The Hall–Kier alpha value is -6.60. The van der Waals surface area contributed by atoms with Crippen LogP contribution in [0.3, 0.4) is 0 Å². The molecule has 0 aliphatic heterocycles. The van der Waals surface area contributed by atoms with E-state index in [0.29, 0.717) is 10.0 Å². The molecule has 0 saturated heterocycles. The van der Waals surface area contributed by atoms with E-state index in [0.717, 1.165) is 63.5 Å². The van der Waals surface area contributed by atoms with Crippen LogP contribution in [-0.2, 0) is 7.05 Å². The van der Waals surface area contributed by atoms with Crippen molar-refractivity contribution in [1.29, 1.82) is 21.0 Å². The molecule has 0 amide bonds. The van der Waals surface area contributed by atoms with Gasteiger partial charge in [0.2, 0.25) is 11.6 Å². The maximum absolute atomic E-state index is 14.2. The number of rotatable bonds is 2. The number of nitrogens with zero attached hydrogens (tertiary/aromatic N) is 7. The fourth-order valence-electron chi connectivity index (χ4n) is 6.70. The first kappa shape index (κ1) is 33.3. The molecule has 5 heterocycles. The number of Topliss-reactive ketones (excluding diaryl/α,β-unsaturated/α-hetero) is 2. The zero-order chi connectivity index (χ0) is 37.9. The van der Waals surface area contributed by atoms with Gasteiger partial charge in [0.15, 0.2) is 23.3 Å². The van der Waals surface area contributed by atoms with E-state index in [4.69, 9.17) is 0 Å². The summed E-state index contributed by atoms with van der Waals surface area (Å²) in [5.74, 6) is -6.47. The number of hydrogen-bond acceptors (Lipinski definition) is 12. The predicted octanol–water partition coefficient (Wildman–Crippen LogP) is 9.98. The molecule has 7 aromatic rings. The third-order valence-electron chi connectivity index (χ3n) is 8.98. The van der Waals surface area contributed by atoms with Gasteiger partial charge in [-0.05, 0) is 36.4 Å². The summed E-state index contributed by atoms with van der Waals surface area (Å²) >= 11 is 5.48. The lowest BCUT2D eigenvalue weighted by Gasteiger charge is -2.01. The molecule has 0 atom stereocenters. The summed E-state index contributed by atoms with van der Waals surface area (Å²) in [6.45, 7) is 0. The van der Waals surface area contributed by atoms with Crippen molar-refractivity contribution in [2.75, 3.05) is 0 Å². The van der Waals surface area contributed by atoms with Crippen LogP contribution in [0.4, 0.5) is 27.6 Å². The van der Waals surface area contributed by atoms with Crippen molar-refractivity contribution in [2.24, 2.45) is 17.0 Å². The summed E-state index contributed by atoms with van der Waals surface area (Å²) in [4.78, 5) is 35.8. The van der Waals surface area contributed by atoms with E-state index in [1.165, 1.54) is 45.3 Å². The predicted molar refractivity (Wildman–Crippen MR) is 199 cm³/mol. The molecular formula is C37H9F4N7O2S4. The number of ketones is 2. The van der Waals surface area contributed by atoms with Gasteiger partial charge < -0.3 is 4.57 Å². The van der Waals surface area contributed by atoms with E-state index in [-0.39, 0.29) is 44.8 Å². The minimum Gasteiger partial charge on any atom is -0.340 e. The summed E-state index contributed by atoms with van der Waals surface area (Å²) in [5.41, 5.74) is -0.639. The van der Waals surface area contributed by atoms with Gasteiger partial charge in [0, 0.05) is 40.4 Å². The van der Waals surface area contributed by atoms with Crippen molar-refractivity contribution in [3.8, 4) is 24.3 Å². The van der Waals surface area contributed by atoms with Crippen LogP contribution in [0.15, 0.2) is 57.5 Å². The van der Waals surface area contributed by atoms with E-state index in [1.54, 1.807) is 36.4 Å². The van der Waals surface area contributed by atoms with E-state index in [2.05, 4.69) is 9.98 Å². The van der Waals surface area contributed by atoms with Crippen LogP contribution in [0, 0.1) is 68.6 Å². The Morgan fingerprint density at radius 3 is 1.26 bits per heavy atom. The topological polar surface area (TPSA) is 159 Å². The first-order valence-electron chi connectivity index (χ1n) is 15.2. The second-order valence-electron chi connectivity index (χ2n) is 11.8. The molecule has 0 fully saturated rings.